The molecule has 0 saturated heterocycles. The summed E-state index contributed by atoms with van der Waals surface area (Å²) in [5.74, 6) is -1.91. The van der Waals surface area contributed by atoms with Gasteiger partial charge in [0.05, 0.1) is 12.0 Å². The number of nitrogens with zero attached hydrogens (tertiary/aromatic N) is 1. The summed E-state index contributed by atoms with van der Waals surface area (Å²) in [6.45, 7) is 1.60. The summed E-state index contributed by atoms with van der Waals surface area (Å²) in [5, 5.41) is 8.95. The van der Waals surface area contributed by atoms with E-state index in [1.165, 1.54) is 0 Å². The quantitative estimate of drug-likeness (QED) is 0.690. The second-order valence-corrected chi connectivity index (χ2v) is 4.41. The molecule has 0 spiro atoms. The maximum absolute atomic E-state index is 12.1. The maximum Gasteiger partial charge on any atom is 0.160 e. The van der Waals surface area contributed by atoms with Crippen LogP contribution in [-0.2, 0) is 9.59 Å². The number of carbonyl (C=O) groups is 2. The van der Waals surface area contributed by atoms with E-state index in [4.69, 9.17) is 5.26 Å². The van der Waals surface area contributed by atoms with Gasteiger partial charge in [-0.25, -0.2) is 0 Å². The van der Waals surface area contributed by atoms with Crippen molar-refractivity contribution < 1.29 is 9.59 Å². The molecule has 0 bridgehead atoms. The molecule has 3 unspecified atom stereocenters. The highest BCUT2D eigenvalue weighted by Crippen LogP contribution is 2.34. The standard InChI is InChI=1S/C14H13NO2/c1-9-13(16)11(8-15)7-12(14(9)17)10-5-3-2-4-6-10/h2-6,9,11-12H,7H2,1H3. The van der Waals surface area contributed by atoms with Crippen molar-refractivity contribution in [2.24, 2.45) is 11.8 Å². The zero-order valence-corrected chi connectivity index (χ0v) is 9.59. The summed E-state index contributed by atoms with van der Waals surface area (Å²) < 4.78 is 0. The Morgan fingerprint density at radius 2 is 1.82 bits per heavy atom. The van der Waals surface area contributed by atoms with Crippen LogP contribution in [0.1, 0.15) is 24.8 Å². The number of rotatable bonds is 1. The molecule has 1 fully saturated rings. The van der Waals surface area contributed by atoms with Crippen molar-refractivity contribution in [1.29, 1.82) is 5.26 Å². The average Bonchev–Trinajstić information content (AvgIpc) is 2.37. The van der Waals surface area contributed by atoms with Crippen LogP contribution in [0.3, 0.4) is 0 Å². The first kappa shape index (κ1) is 11.5. The molecule has 1 aliphatic rings. The molecule has 17 heavy (non-hydrogen) atoms. The minimum absolute atomic E-state index is 0.0623. The molecular formula is C14H13NO2. The molecule has 3 nitrogen and oxygen atoms in total. The highest BCUT2D eigenvalue weighted by molar-refractivity contribution is 6.08. The second kappa shape index (κ2) is 4.50. The van der Waals surface area contributed by atoms with Gasteiger partial charge >= 0.3 is 0 Å². The van der Waals surface area contributed by atoms with Crippen LogP contribution in [0.15, 0.2) is 30.3 Å². The molecule has 0 aromatic heterocycles. The van der Waals surface area contributed by atoms with E-state index >= 15 is 0 Å². The molecule has 0 radical (unpaired) electrons. The third-order valence-electron chi connectivity index (χ3n) is 3.37. The molecule has 1 saturated carbocycles. The SMILES string of the molecule is CC1C(=O)C(C#N)CC(c2ccccc2)C1=O. The highest BCUT2D eigenvalue weighted by Gasteiger charge is 2.41. The molecule has 1 aromatic rings. The van der Waals surface area contributed by atoms with Gasteiger partial charge in [0.25, 0.3) is 0 Å². The fraction of sp³-hybridized carbons (Fsp3) is 0.357. The van der Waals surface area contributed by atoms with E-state index in [2.05, 4.69) is 0 Å². The van der Waals surface area contributed by atoms with Gasteiger partial charge in [0, 0.05) is 5.92 Å². The number of hydrogen-bond donors (Lipinski definition) is 0. The first-order valence-electron chi connectivity index (χ1n) is 5.67. The van der Waals surface area contributed by atoms with Gasteiger partial charge < -0.3 is 0 Å². The zero-order valence-electron chi connectivity index (χ0n) is 9.59. The van der Waals surface area contributed by atoms with Gasteiger partial charge in [-0.1, -0.05) is 30.3 Å². The molecule has 1 aliphatic carbocycles. The van der Waals surface area contributed by atoms with Crippen LogP contribution >= 0.6 is 0 Å². The number of benzene rings is 1. The topological polar surface area (TPSA) is 57.9 Å². The lowest BCUT2D eigenvalue weighted by atomic mass is 9.72. The van der Waals surface area contributed by atoms with Crippen molar-refractivity contribution >= 4 is 11.6 Å². The van der Waals surface area contributed by atoms with Crippen molar-refractivity contribution in [2.75, 3.05) is 0 Å². The summed E-state index contributed by atoms with van der Waals surface area (Å²) in [7, 11) is 0. The van der Waals surface area contributed by atoms with Gasteiger partial charge in [0.15, 0.2) is 11.6 Å². The second-order valence-electron chi connectivity index (χ2n) is 4.41. The zero-order chi connectivity index (χ0) is 12.4. The molecule has 0 heterocycles. The Morgan fingerprint density at radius 3 is 2.41 bits per heavy atom. The average molecular weight is 227 g/mol. The molecule has 86 valence electrons. The van der Waals surface area contributed by atoms with Gasteiger partial charge in [0.1, 0.15) is 5.92 Å². The minimum atomic E-state index is -0.654. The van der Waals surface area contributed by atoms with E-state index in [9.17, 15) is 9.59 Å². The lowest BCUT2D eigenvalue weighted by Gasteiger charge is -2.27. The van der Waals surface area contributed by atoms with Gasteiger partial charge in [-0.3, -0.25) is 9.59 Å². The Labute approximate surface area is 100 Å². The van der Waals surface area contributed by atoms with E-state index in [0.717, 1.165) is 5.56 Å². The Hall–Kier alpha value is -1.95. The molecule has 0 amide bonds. The summed E-state index contributed by atoms with van der Waals surface area (Å²) in [6.07, 6.45) is 0.322. The third kappa shape index (κ3) is 1.99. The highest BCUT2D eigenvalue weighted by atomic mass is 16.2. The Bertz CT molecular complexity index is 487. The summed E-state index contributed by atoms with van der Waals surface area (Å²) in [4.78, 5) is 23.8. The maximum atomic E-state index is 12.1. The van der Waals surface area contributed by atoms with Gasteiger partial charge in [-0.15, -0.1) is 0 Å². The minimum Gasteiger partial charge on any atom is -0.298 e. The van der Waals surface area contributed by atoms with Gasteiger partial charge in [0.2, 0.25) is 0 Å². The van der Waals surface area contributed by atoms with Crippen LogP contribution in [0, 0.1) is 23.2 Å². The van der Waals surface area contributed by atoms with Crippen molar-refractivity contribution in [3.8, 4) is 6.07 Å². The lowest BCUT2D eigenvalue weighted by molar-refractivity contribution is -0.137. The van der Waals surface area contributed by atoms with Crippen molar-refractivity contribution in [1.82, 2.24) is 0 Å². The lowest BCUT2D eigenvalue weighted by Crippen LogP contribution is -2.38. The Balaban J connectivity index is 2.33. The van der Waals surface area contributed by atoms with Crippen molar-refractivity contribution in [3.05, 3.63) is 35.9 Å². The fourth-order valence-corrected chi connectivity index (χ4v) is 2.31. The van der Waals surface area contributed by atoms with Crippen LogP contribution in [-0.4, -0.2) is 11.6 Å². The van der Waals surface area contributed by atoms with Crippen LogP contribution in [0.25, 0.3) is 0 Å². The van der Waals surface area contributed by atoms with Crippen LogP contribution < -0.4 is 0 Å². The van der Waals surface area contributed by atoms with Crippen LogP contribution in [0.4, 0.5) is 0 Å². The molecule has 2 rings (SSSR count). The van der Waals surface area contributed by atoms with E-state index in [0.29, 0.717) is 6.42 Å². The van der Waals surface area contributed by atoms with Gasteiger partial charge in [-0.2, -0.15) is 5.26 Å². The van der Waals surface area contributed by atoms with Crippen LogP contribution in [0.2, 0.25) is 0 Å². The molecular weight excluding hydrogens is 214 g/mol. The van der Waals surface area contributed by atoms with E-state index in [1.54, 1.807) is 6.92 Å². The number of hydrogen-bond acceptors (Lipinski definition) is 3. The molecule has 0 aliphatic heterocycles. The molecule has 0 N–H and O–H groups in total. The largest absolute Gasteiger partial charge is 0.298 e. The van der Waals surface area contributed by atoms with E-state index in [-0.39, 0.29) is 17.5 Å². The predicted octanol–water partition coefficient (Wildman–Crippen LogP) is 2.09. The number of ketones is 2. The first-order chi connectivity index (χ1) is 8.15. The Kier molecular flexibility index (Phi) is 3.06. The normalized spacial score (nSPS) is 28.8. The smallest absolute Gasteiger partial charge is 0.160 e. The fourth-order valence-electron chi connectivity index (χ4n) is 2.31. The monoisotopic (exact) mass is 227 g/mol. The Morgan fingerprint density at radius 1 is 1.18 bits per heavy atom. The van der Waals surface area contributed by atoms with Crippen molar-refractivity contribution in [3.63, 3.8) is 0 Å². The van der Waals surface area contributed by atoms with Gasteiger partial charge in [-0.05, 0) is 18.9 Å². The van der Waals surface area contributed by atoms with Crippen molar-refractivity contribution in [2.45, 2.75) is 19.3 Å². The number of carbonyl (C=O) groups excluding carboxylic acids is 2. The summed E-state index contributed by atoms with van der Waals surface area (Å²) in [6, 6.07) is 11.4. The molecule has 1 aromatic carbocycles. The van der Waals surface area contributed by atoms with Crippen LogP contribution in [0.5, 0.6) is 0 Å². The number of Topliss-reactive ketones (excluding diaryl/α,β-unsaturated/α-hetero) is 2. The first-order valence-corrected chi connectivity index (χ1v) is 5.67. The summed E-state index contributed by atoms with van der Waals surface area (Å²) >= 11 is 0. The summed E-state index contributed by atoms with van der Waals surface area (Å²) in [5.41, 5.74) is 0.900. The third-order valence-corrected chi connectivity index (χ3v) is 3.37. The van der Waals surface area contributed by atoms with E-state index < -0.39 is 11.8 Å². The number of nitriles is 1. The molecule has 3 atom stereocenters. The molecule has 3 heteroatoms. The predicted molar refractivity (Wildman–Crippen MR) is 62.1 cm³/mol. The van der Waals surface area contributed by atoms with E-state index in [1.807, 2.05) is 36.4 Å².